The van der Waals surface area contributed by atoms with Gasteiger partial charge in [0.1, 0.15) is 10.8 Å². The predicted octanol–water partition coefficient (Wildman–Crippen LogP) is 5.23. The van der Waals surface area contributed by atoms with Crippen LogP contribution in [0.15, 0.2) is 59.8 Å². The minimum Gasteiger partial charge on any atom is -0.507 e. The van der Waals surface area contributed by atoms with Crippen LogP contribution in [-0.2, 0) is 9.53 Å². The fourth-order valence-electron chi connectivity index (χ4n) is 3.47. The molecule has 10 heteroatoms. The molecule has 0 fully saturated rings. The molecule has 0 aliphatic carbocycles. The largest absolute Gasteiger partial charge is 0.507 e. The zero-order valence-corrected chi connectivity index (χ0v) is 21.1. The van der Waals surface area contributed by atoms with Crippen molar-refractivity contribution in [2.24, 2.45) is 0 Å². The lowest BCUT2D eigenvalue weighted by molar-refractivity contribution is -0.113. The number of phenols is 1. The first-order valence-corrected chi connectivity index (χ1v) is 12.7. The van der Waals surface area contributed by atoms with Crippen LogP contribution < -0.4 is 5.32 Å². The third kappa shape index (κ3) is 5.23. The minimum absolute atomic E-state index is 0.0456. The number of nitrogens with zero attached hydrogens (tertiary/aromatic N) is 3. The topological polar surface area (TPSA) is 106 Å². The fraction of sp³-hybridized carbons (Fsp3) is 0.200. The Hall–Kier alpha value is -3.63. The summed E-state index contributed by atoms with van der Waals surface area (Å²) in [5.41, 5.74) is 2.52. The van der Waals surface area contributed by atoms with E-state index in [0.29, 0.717) is 27.1 Å². The maximum atomic E-state index is 12.8. The van der Waals surface area contributed by atoms with Crippen molar-refractivity contribution in [3.8, 4) is 22.8 Å². The summed E-state index contributed by atoms with van der Waals surface area (Å²) in [4.78, 5) is 26.2. The molecule has 0 unspecified atom stereocenters. The van der Waals surface area contributed by atoms with Crippen LogP contribution >= 0.6 is 23.1 Å². The van der Waals surface area contributed by atoms with Crippen LogP contribution in [0.5, 0.6) is 5.75 Å². The number of ether oxygens (including phenoxy) is 1. The third-order valence-corrected chi connectivity index (χ3v) is 7.29. The molecule has 4 aromatic rings. The number of phenolic OH excluding ortho intramolecular Hbond substituents is 1. The summed E-state index contributed by atoms with van der Waals surface area (Å²) < 4.78 is 6.96. The summed E-state index contributed by atoms with van der Waals surface area (Å²) in [6, 6.07) is 16.4. The highest BCUT2D eigenvalue weighted by atomic mass is 32.2. The molecule has 2 N–H and O–H groups in total. The fourth-order valence-corrected chi connectivity index (χ4v) is 5.28. The van der Waals surface area contributed by atoms with Crippen molar-refractivity contribution >= 4 is 40.0 Å². The van der Waals surface area contributed by atoms with E-state index in [1.165, 1.54) is 23.1 Å². The van der Waals surface area contributed by atoms with Crippen molar-refractivity contribution in [2.75, 3.05) is 17.7 Å². The second-order valence-corrected chi connectivity index (χ2v) is 9.71. The lowest BCUT2D eigenvalue weighted by atomic mass is 10.1. The predicted molar refractivity (Wildman–Crippen MR) is 138 cm³/mol. The molecule has 2 aromatic carbocycles. The van der Waals surface area contributed by atoms with Gasteiger partial charge in [-0.25, -0.2) is 4.79 Å². The van der Waals surface area contributed by atoms with Crippen molar-refractivity contribution < 1.29 is 19.4 Å². The third-order valence-electron chi connectivity index (χ3n) is 5.24. The minimum atomic E-state index is -0.451. The van der Waals surface area contributed by atoms with Gasteiger partial charge in [0, 0.05) is 10.6 Å². The van der Waals surface area contributed by atoms with Crippen molar-refractivity contribution in [3.63, 3.8) is 0 Å². The summed E-state index contributed by atoms with van der Waals surface area (Å²) in [7, 11) is 0. The molecule has 0 aliphatic rings. The molecule has 35 heavy (non-hydrogen) atoms. The molecule has 2 heterocycles. The Labute approximate surface area is 211 Å². The van der Waals surface area contributed by atoms with Crippen LogP contribution in [0.1, 0.15) is 27.7 Å². The van der Waals surface area contributed by atoms with E-state index in [0.717, 1.165) is 16.1 Å². The number of benzene rings is 2. The van der Waals surface area contributed by atoms with E-state index in [1.807, 2.05) is 50.2 Å². The van der Waals surface area contributed by atoms with Gasteiger partial charge in [-0.05, 0) is 50.6 Å². The Morgan fingerprint density at radius 1 is 1.09 bits per heavy atom. The molecule has 1 amide bonds. The Balaban J connectivity index is 1.58. The van der Waals surface area contributed by atoms with E-state index in [2.05, 4.69) is 15.5 Å². The molecule has 4 rings (SSSR count). The maximum absolute atomic E-state index is 12.8. The van der Waals surface area contributed by atoms with E-state index < -0.39 is 5.97 Å². The molecule has 0 saturated heterocycles. The number of para-hydroxylation sites is 2. The molecular formula is C25H24N4O4S2. The molecule has 0 spiro atoms. The van der Waals surface area contributed by atoms with E-state index in [1.54, 1.807) is 29.7 Å². The van der Waals surface area contributed by atoms with Crippen LogP contribution in [0.25, 0.3) is 17.1 Å². The standard InChI is InChI=1S/C25H24N4O4S2/c1-4-33-24(32)21-15(2)16(3)35-23(21)26-20(31)14-34-25-28-27-22(18-12-8-9-13-19(18)30)29(25)17-10-6-5-7-11-17/h5-13,30H,4,14H2,1-3H3,(H,26,31). The average Bonchev–Trinajstić information content (AvgIpc) is 3.39. The van der Waals surface area contributed by atoms with E-state index >= 15 is 0 Å². The number of rotatable bonds is 8. The number of esters is 1. The molecular weight excluding hydrogens is 484 g/mol. The smallest absolute Gasteiger partial charge is 0.341 e. The highest BCUT2D eigenvalue weighted by Crippen LogP contribution is 2.34. The van der Waals surface area contributed by atoms with Crippen LogP contribution in [0.2, 0.25) is 0 Å². The monoisotopic (exact) mass is 508 g/mol. The normalized spacial score (nSPS) is 10.8. The van der Waals surface area contributed by atoms with Gasteiger partial charge in [0.15, 0.2) is 11.0 Å². The number of thiophene rings is 1. The van der Waals surface area contributed by atoms with Crippen molar-refractivity contribution in [1.29, 1.82) is 0 Å². The Bertz CT molecular complexity index is 1370. The van der Waals surface area contributed by atoms with Gasteiger partial charge in [-0.2, -0.15) is 0 Å². The highest BCUT2D eigenvalue weighted by Gasteiger charge is 2.23. The van der Waals surface area contributed by atoms with Gasteiger partial charge in [-0.3, -0.25) is 9.36 Å². The van der Waals surface area contributed by atoms with Crippen LogP contribution in [0.3, 0.4) is 0 Å². The van der Waals surface area contributed by atoms with Gasteiger partial charge in [0.2, 0.25) is 5.91 Å². The van der Waals surface area contributed by atoms with E-state index in [9.17, 15) is 14.7 Å². The highest BCUT2D eigenvalue weighted by molar-refractivity contribution is 7.99. The molecule has 2 aromatic heterocycles. The number of anilines is 1. The van der Waals surface area contributed by atoms with E-state index in [-0.39, 0.29) is 24.0 Å². The van der Waals surface area contributed by atoms with Gasteiger partial charge in [-0.1, -0.05) is 42.1 Å². The number of carbonyl (C=O) groups excluding carboxylic acids is 2. The first kappa shape index (κ1) is 24.5. The maximum Gasteiger partial charge on any atom is 0.341 e. The molecule has 0 aliphatic heterocycles. The van der Waals surface area contributed by atoms with Gasteiger partial charge in [0.25, 0.3) is 0 Å². The summed E-state index contributed by atoms with van der Waals surface area (Å²) in [5, 5.41) is 22.8. The summed E-state index contributed by atoms with van der Waals surface area (Å²) in [6.07, 6.45) is 0. The molecule has 0 atom stereocenters. The van der Waals surface area contributed by atoms with E-state index in [4.69, 9.17) is 4.74 Å². The molecule has 0 saturated carbocycles. The second kappa shape index (κ2) is 10.7. The van der Waals surface area contributed by atoms with Gasteiger partial charge in [-0.15, -0.1) is 21.5 Å². The zero-order chi connectivity index (χ0) is 24.9. The van der Waals surface area contributed by atoms with Crippen molar-refractivity contribution in [1.82, 2.24) is 14.8 Å². The molecule has 8 nitrogen and oxygen atoms in total. The molecule has 0 bridgehead atoms. The van der Waals surface area contributed by atoms with Crippen molar-refractivity contribution in [2.45, 2.75) is 25.9 Å². The van der Waals surface area contributed by atoms with Gasteiger partial charge < -0.3 is 15.2 Å². The number of carbonyl (C=O) groups is 2. The summed E-state index contributed by atoms with van der Waals surface area (Å²) >= 11 is 2.56. The molecule has 0 radical (unpaired) electrons. The van der Waals surface area contributed by atoms with Crippen LogP contribution in [0, 0.1) is 13.8 Å². The first-order valence-electron chi connectivity index (χ1n) is 10.9. The van der Waals surface area contributed by atoms with Crippen molar-refractivity contribution in [3.05, 3.63) is 70.6 Å². The van der Waals surface area contributed by atoms with Crippen LogP contribution in [0.4, 0.5) is 5.00 Å². The average molecular weight is 509 g/mol. The van der Waals surface area contributed by atoms with Gasteiger partial charge >= 0.3 is 5.97 Å². The van der Waals surface area contributed by atoms with Crippen LogP contribution in [-0.4, -0.2) is 44.1 Å². The zero-order valence-electron chi connectivity index (χ0n) is 19.4. The Morgan fingerprint density at radius 2 is 1.80 bits per heavy atom. The second-order valence-electron chi connectivity index (χ2n) is 7.54. The quantitative estimate of drug-likeness (QED) is 0.248. The number of hydrogen-bond acceptors (Lipinski definition) is 8. The first-order chi connectivity index (χ1) is 16.9. The number of aryl methyl sites for hydroxylation is 1. The Morgan fingerprint density at radius 3 is 2.51 bits per heavy atom. The SMILES string of the molecule is CCOC(=O)c1c(NC(=O)CSc2nnc(-c3ccccc3O)n2-c2ccccc2)sc(C)c1C. The number of nitrogens with one attached hydrogen (secondary N) is 1. The number of aromatic hydroxyl groups is 1. The number of hydrogen-bond donors (Lipinski definition) is 2. The lowest BCUT2D eigenvalue weighted by Crippen LogP contribution is -2.16. The van der Waals surface area contributed by atoms with Gasteiger partial charge in [0.05, 0.1) is 23.5 Å². The molecule has 180 valence electrons. The lowest BCUT2D eigenvalue weighted by Gasteiger charge is -2.11. The number of amides is 1. The number of aromatic nitrogens is 3. The Kier molecular flexibility index (Phi) is 7.52. The number of thioether (sulfide) groups is 1. The summed E-state index contributed by atoms with van der Waals surface area (Å²) in [5.74, 6) is -0.140. The summed E-state index contributed by atoms with van der Waals surface area (Å²) in [6.45, 7) is 5.74.